The molecular weight excluding hydrogens is 372 g/mol. The van der Waals surface area contributed by atoms with Crippen LogP contribution in [0.4, 0.5) is 0 Å². The Bertz CT molecular complexity index is 875. The molecule has 1 atom stereocenters. The van der Waals surface area contributed by atoms with Crippen LogP contribution in [0.25, 0.3) is 0 Å². The van der Waals surface area contributed by atoms with Crippen molar-refractivity contribution in [1.29, 1.82) is 0 Å². The highest BCUT2D eigenvalue weighted by atomic mass is 16.2. The van der Waals surface area contributed by atoms with E-state index in [0.717, 1.165) is 25.9 Å². The van der Waals surface area contributed by atoms with Gasteiger partial charge in [0.1, 0.15) is 6.04 Å². The summed E-state index contributed by atoms with van der Waals surface area (Å²) in [4.78, 5) is 50.9. The van der Waals surface area contributed by atoms with Crippen LogP contribution in [0, 0.1) is 5.41 Å². The van der Waals surface area contributed by atoms with Crippen LogP contribution < -0.4 is 16.0 Å². The summed E-state index contributed by atoms with van der Waals surface area (Å²) >= 11 is 0. The van der Waals surface area contributed by atoms with E-state index in [2.05, 4.69) is 22.9 Å². The topological polar surface area (TPSA) is 108 Å². The SMILES string of the molecule is CC1(CNC(=O)c2cccc3c2CN(C2CCC(=O)NC2=O)C3=O)CCNCC1. The lowest BCUT2D eigenvalue weighted by atomic mass is 9.81. The highest BCUT2D eigenvalue weighted by molar-refractivity contribution is 6.07. The number of amides is 4. The average molecular weight is 398 g/mol. The summed E-state index contributed by atoms with van der Waals surface area (Å²) in [5.41, 5.74) is 1.64. The van der Waals surface area contributed by atoms with Crippen molar-refractivity contribution in [2.45, 2.75) is 45.2 Å². The van der Waals surface area contributed by atoms with E-state index in [9.17, 15) is 19.2 Å². The van der Waals surface area contributed by atoms with Crippen molar-refractivity contribution in [2.75, 3.05) is 19.6 Å². The van der Waals surface area contributed by atoms with E-state index in [-0.39, 0.29) is 36.1 Å². The third kappa shape index (κ3) is 3.76. The minimum atomic E-state index is -0.683. The normalized spacial score (nSPS) is 23.6. The second-order valence-electron chi connectivity index (χ2n) is 8.47. The van der Waals surface area contributed by atoms with Crippen LogP contribution in [-0.4, -0.2) is 54.2 Å². The van der Waals surface area contributed by atoms with Crippen LogP contribution in [0.15, 0.2) is 18.2 Å². The fraction of sp³-hybridized carbons (Fsp3) is 0.524. The molecule has 0 saturated carbocycles. The van der Waals surface area contributed by atoms with Gasteiger partial charge in [0.05, 0.1) is 0 Å². The molecule has 3 aliphatic rings. The maximum absolute atomic E-state index is 12.9. The summed E-state index contributed by atoms with van der Waals surface area (Å²) in [6.07, 6.45) is 2.51. The van der Waals surface area contributed by atoms with Crippen molar-refractivity contribution < 1.29 is 19.2 Å². The Morgan fingerprint density at radius 1 is 1.24 bits per heavy atom. The molecule has 3 heterocycles. The van der Waals surface area contributed by atoms with Gasteiger partial charge in [0.2, 0.25) is 11.8 Å². The van der Waals surface area contributed by atoms with Crippen molar-refractivity contribution in [3.63, 3.8) is 0 Å². The van der Waals surface area contributed by atoms with Gasteiger partial charge < -0.3 is 15.5 Å². The van der Waals surface area contributed by atoms with E-state index in [0.29, 0.717) is 29.7 Å². The molecule has 1 unspecified atom stereocenters. The van der Waals surface area contributed by atoms with E-state index < -0.39 is 11.9 Å². The monoisotopic (exact) mass is 398 g/mol. The van der Waals surface area contributed by atoms with E-state index in [1.165, 1.54) is 4.90 Å². The molecule has 3 aliphatic heterocycles. The third-order valence-electron chi connectivity index (χ3n) is 6.31. The molecule has 0 bridgehead atoms. The number of nitrogens with zero attached hydrogens (tertiary/aromatic N) is 1. The van der Waals surface area contributed by atoms with Crippen LogP contribution in [0.1, 0.15) is 58.9 Å². The molecule has 2 saturated heterocycles. The molecule has 4 amide bonds. The van der Waals surface area contributed by atoms with Crippen molar-refractivity contribution in [3.05, 3.63) is 34.9 Å². The molecule has 0 spiro atoms. The predicted molar refractivity (Wildman–Crippen MR) is 105 cm³/mol. The summed E-state index contributed by atoms with van der Waals surface area (Å²) in [5, 5.41) is 8.67. The number of piperidine rings is 2. The molecule has 2 fully saturated rings. The molecule has 8 nitrogen and oxygen atoms in total. The second-order valence-corrected chi connectivity index (χ2v) is 8.47. The van der Waals surface area contributed by atoms with Gasteiger partial charge in [-0.05, 0) is 55.5 Å². The number of carbonyl (C=O) groups is 4. The largest absolute Gasteiger partial charge is 0.351 e. The lowest BCUT2D eigenvalue weighted by Crippen LogP contribution is -2.52. The van der Waals surface area contributed by atoms with Gasteiger partial charge in [0, 0.05) is 30.6 Å². The number of nitrogens with one attached hydrogen (secondary N) is 3. The first-order chi connectivity index (χ1) is 13.9. The molecule has 4 rings (SSSR count). The number of imide groups is 1. The fourth-order valence-electron chi connectivity index (χ4n) is 4.39. The first-order valence-electron chi connectivity index (χ1n) is 10.1. The van der Waals surface area contributed by atoms with Gasteiger partial charge in [-0.3, -0.25) is 24.5 Å². The van der Waals surface area contributed by atoms with Crippen LogP contribution in [0.5, 0.6) is 0 Å². The van der Waals surface area contributed by atoms with Gasteiger partial charge >= 0.3 is 0 Å². The van der Waals surface area contributed by atoms with Crippen molar-refractivity contribution in [2.24, 2.45) is 5.41 Å². The Kier molecular flexibility index (Phi) is 5.12. The fourth-order valence-corrected chi connectivity index (χ4v) is 4.39. The first-order valence-corrected chi connectivity index (χ1v) is 10.1. The second kappa shape index (κ2) is 7.59. The maximum atomic E-state index is 12.9. The number of carbonyl (C=O) groups excluding carboxylic acids is 4. The number of hydrogen-bond donors (Lipinski definition) is 3. The molecule has 8 heteroatoms. The van der Waals surface area contributed by atoms with E-state index in [1.807, 2.05) is 0 Å². The Hall–Kier alpha value is -2.74. The average Bonchev–Trinajstić information content (AvgIpc) is 3.03. The Balaban J connectivity index is 1.50. The van der Waals surface area contributed by atoms with Crippen LogP contribution >= 0.6 is 0 Å². The first kappa shape index (κ1) is 19.6. The number of hydrogen-bond acceptors (Lipinski definition) is 5. The number of fused-ring (bicyclic) bond motifs is 1. The maximum Gasteiger partial charge on any atom is 0.255 e. The standard InChI is InChI=1S/C21H26N4O4/c1-21(7-9-22-10-8-21)12-23-18(27)13-3-2-4-14-15(13)11-25(20(14)29)16-5-6-17(26)24-19(16)28/h2-4,16,22H,5-12H2,1H3,(H,23,27)(H,24,26,28). The lowest BCUT2D eigenvalue weighted by Gasteiger charge is -2.34. The Morgan fingerprint density at radius 2 is 2.00 bits per heavy atom. The van der Waals surface area contributed by atoms with Crippen LogP contribution in [0.2, 0.25) is 0 Å². The zero-order valence-corrected chi connectivity index (χ0v) is 16.5. The summed E-state index contributed by atoms with van der Waals surface area (Å²) < 4.78 is 0. The molecule has 154 valence electrons. The van der Waals surface area contributed by atoms with Gasteiger partial charge in [-0.2, -0.15) is 0 Å². The summed E-state index contributed by atoms with van der Waals surface area (Å²) in [7, 11) is 0. The smallest absolute Gasteiger partial charge is 0.255 e. The molecule has 1 aromatic carbocycles. The molecule has 1 aromatic rings. The van der Waals surface area contributed by atoms with Gasteiger partial charge in [-0.15, -0.1) is 0 Å². The van der Waals surface area contributed by atoms with E-state index in [4.69, 9.17) is 0 Å². The minimum absolute atomic E-state index is 0.0629. The predicted octanol–water partition coefficient (Wildman–Crippen LogP) is 0.567. The highest BCUT2D eigenvalue weighted by Gasteiger charge is 2.40. The quantitative estimate of drug-likeness (QED) is 0.643. The Labute approximate surface area is 169 Å². The van der Waals surface area contributed by atoms with Crippen molar-refractivity contribution in [3.8, 4) is 0 Å². The van der Waals surface area contributed by atoms with Gasteiger partial charge in [0.15, 0.2) is 0 Å². The van der Waals surface area contributed by atoms with Crippen molar-refractivity contribution >= 4 is 23.6 Å². The van der Waals surface area contributed by atoms with Gasteiger partial charge in [-0.1, -0.05) is 13.0 Å². The van der Waals surface area contributed by atoms with Crippen LogP contribution in [0.3, 0.4) is 0 Å². The molecule has 0 aromatic heterocycles. The lowest BCUT2D eigenvalue weighted by molar-refractivity contribution is -0.136. The molecule has 29 heavy (non-hydrogen) atoms. The number of rotatable bonds is 4. The van der Waals surface area contributed by atoms with Crippen LogP contribution in [-0.2, 0) is 16.1 Å². The van der Waals surface area contributed by atoms with E-state index in [1.54, 1.807) is 18.2 Å². The number of benzene rings is 1. The molecule has 3 N–H and O–H groups in total. The van der Waals surface area contributed by atoms with E-state index >= 15 is 0 Å². The summed E-state index contributed by atoms with van der Waals surface area (Å²) in [5.74, 6) is -1.23. The molecule has 0 radical (unpaired) electrons. The minimum Gasteiger partial charge on any atom is -0.351 e. The van der Waals surface area contributed by atoms with Gasteiger partial charge in [-0.25, -0.2) is 0 Å². The van der Waals surface area contributed by atoms with Gasteiger partial charge in [0.25, 0.3) is 11.8 Å². The highest BCUT2D eigenvalue weighted by Crippen LogP contribution is 2.30. The summed E-state index contributed by atoms with van der Waals surface area (Å²) in [6, 6.07) is 4.43. The summed E-state index contributed by atoms with van der Waals surface area (Å²) in [6.45, 7) is 4.86. The Morgan fingerprint density at radius 3 is 2.72 bits per heavy atom. The third-order valence-corrected chi connectivity index (χ3v) is 6.31. The van der Waals surface area contributed by atoms with Crippen molar-refractivity contribution in [1.82, 2.24) is 20.9 Å². The zero-order chi connectivity index (χ0) is 20.6. The zero-order valence-electron chi connectivity index (χ0n) is 16.5. The molecular formula is C21H26N4O4. The molecule has 0 aliphatic carbocycles.